The number of alkyl halides is 3. The molecule has 0 unspecified atom stereocenters. The van der Waals surface area contributed by atoms with Crippen LogP contribution < -0.4 is 11.1 Å². The molecule has 0 saturated carbocycles. The Balaban J connectivity index is 1.78. The average Bonchev–Trinajstić information content (AvgIpc) is 2.61. The minimum absolute atomic E-state index is 0.139. The molecule has 0 radical (unpaired) electrons. The van der Waals surface area contributed by atoms with Gasteiger partial charge in [0.25, 0.3) is 0 Å². The maximum absolute atomic E-state index is 12.9. The highest BCUT2D eigenvalue weighted by molar-refractivity contribution is 5.67. The van der Waals surface area contributed by atoms with Gasteiger partial charge in [0.1, 0.15) is 6.61 Å². The van der Waals surface area contributed by atoms with E-state index in [4.69, 9.17) is 10.5 Å². The second-order valence-electron chi connectivity index (χ2n) is 5.21. The van der Waals surface area contributed by atoms with Crippen LogP contribution in [0, 0.1) is 0 Å². The van der Waals surface area contributed by atoms with Crippen LogP contribution in [0.2, 0.25) is 0 Å². The number of carbonyl (C=O) groups is 1. The molecule has 0 aliphatic heterocycles. The number of alkyl carbamates (subject to hydrolysis) is 1. The number of nitrogens with one attached hydrogen (secondary N) is 1. The van der Waals surface area contributed by atoms with Gasteiger partial charge in [-0.2, -0.15) is 13.2 Å². The summed E-state index contributed by atoms with van der Waals surface area (Å²) >= 11 is 0. The number of carbonyl (C=O) groups excluding carboxylic acids is 1. The third-order valence-electron chi connectivity index (χ3n) is 3.19. The second-order valence-corrected chi connectivity index (χ2v) is 5.21. The molecule has 0 aliphatic rings. The summed E-state index contributed by atoms with van der Waals surface area (Å²) in [7, 11) is 0. The van der Waals surface area contributed by atoms with E-state index in [0.717, 1.165) is 11.8 Å². The molecule has 1 aromatic carbocycles. The topological polar surface area (TPSA) is 90.1 Å². The van der Waals surface area contributed by atoms with Crippen LogP contribution in [0.3, 0.4) is 0 Å². The molecule has 26 heavy (non-hydrogen) atoms. The fourth-order valence-electron chi connectivity index (χ4n) is 2.00. The van der Waals surface area contributed by atoms with E-state index in [0.29, 0.717) is 6.42 Å². The lowest BCUT2D eigenvalue weighted by Gasteiger charge is -2.09. The highest BCUT2D eigenvalue weighted by Crippen LogP contribution is 2.31. The van der Waals surface area contributed by atoms with Crippen molar-refractivity contribution >= 4 is 18.1 Å². The summed E-state index contributed by atoms with van der Waals surface area (Å²) < 4.78 is 43.7. The van der Waals surface area contributed by atoms with Crippen molar-refractivity contribution < 1.29 is 22.7 Å². The molecular weight excluding hydrogens is 349 g/mol. The van der Waals surface area contributed by atoms with Gasteiger partial charge in [0.2, 0.25) is 5.95 Å². The quantitative estimate of drug-likeness (QED) is 0.765. The second kappa shape index (κ2) is 8.84. The SMILES string of the molecule is Nc1ncc(C=CCCNC(=O)OCc2ccccc2)c(C(F)(F)F)n1. The summed E-state index contributed by atoms with van der Waals surface area (Å²) in [6.45, 7) is 0.349. The van der Waals surface area contributed by atoms with Gasteiger partial charge < -0.3 is 15.8 Å². The molecule has 0 fully saturated rings. The molecular formula is C17H17F3N4O2. The number of hydrogen-bond donors (Lipinski definition) is 2. The molecule has 2 rings (SSSR count). The Labute approximate surface area is 147 Å². The van der Waals surface area contributed by atoms with Crippen LogP contribution in [0.25, 0.3) is 6.08 Å². The van der Waals surface area contributed by atoms with Crippen molar-refractivity contribution in [1.29, 1.82) is 0 Å². The monoisotopic (exact) mass is 366 g/mol. The molecule has 0 saturated heterocycles. The van der Waals surface area contributed by atoms with Crippen molar-refractivity contribution in [3.8, 4) is 0 Å². The number of rotatable bonds is 6. The van der Waals surface area contributed by atoms with Gasteiger partial charge >= 0.3 is 12.3 Å². The first-order valence-electron chi connectivity index (χ1n) is 7.67. The lowest BCUT2D eigenvalue weighted by atomic mass is 10.2. The normalized spacial score (nSPS) is 11.5. The number of ether oxygens (including phenoxy) is 1. The third kappa shape index (κ3) is 6.08. The number of hydrogen-bond acceptors (Lipinski definition) is 5. The molecule has 1 amide bonds. The molecule has 0 aliphatic carbocycles. The van der Waals surface area contributed by atoms with Crippen LogP contribution in [-0.4, -0.2) is 22.6 Å². The minimum Gasteiger partial charge on any atom is -0.445 e. The van der Waals surface area contributed by atoms with Crippen molar-refractivity contribution in [2.45, 2.75) is 19.2 Å². The average molecular weight is 366 g/mol. The van der Waals surface area contributed by atoms with Crippen LogP contribution in [0.15, 0.2) is 42.6 Å². The Kier molecular flexibility index (Phi) is 6.54. The Morgan fingerprint density at radius 3 is 2.69 bits per heavy atom. The van der Waals surface area contributed by atoms with Crippen LogP contribution in [0.1, 0.15) is 23.2 Å². The van der Waals surface area contributed by atoms with Gasteiger partial charge in [0.15, 0.2) is 5.69 Å². The Morgan fingerprint density at radius 2 is 2.00 bits per heavy atom. The zero-order valence-electron chi connectivity index (χ0n) is 13.7. The first-order chi connectivity index (χ1) is 12.4. The smallest absolute Gasteiger partial charge is 0.434 e. The molecule has 9 heteroatoms. The first kappa shape index (κ1) is 19.2. The summed E-state index contributed by atoms with van der Waals surface area (Å²) in [5.74, 6) is -0.447. The van der Waals surface area contributed by atoms with Gasteiger partial charge in [-0.3, -0.25) is 0 Å². The Hall–Kier alpha value is -3.10. The molecule has 3 N–H and O–H groups in total. The van der Waals surface area contributed by atoms with Gasteiger partial charge in [0.05, 0.1) is 0 Å². The molecule has 0 spiro atoms. The number of anilines is 1. The summed E-state index contributed by atoms with van der Waals surface area (Å²) in [6, 6.07) is 9.16. The first-order valence-corrected chi connectivity index (χ1v) is 7.67. The number of nitrogens with two attached hydrogens (primary N) is 1. The summed E-state index contributed by atoms with van der Waals surface area (Å²) in [6.07, 6.45) is -1.21. The largest absolute Gasteiger partial charge is 0.445 e. The number of halogens is 3. The molecule has 2 aromatic rings. The van der Waals surface area contributed by atoms with E-state index < -0.39 is 23.9 Å². The number of amides is 1. The predicted molar refractivity (Wildman–Crippen MR) is 89.7 cm³/mol. The van der Waals surface area contributed by atoms with Gasteiger partial charge in [0, 0.05) is 18.3 Å². The van der Waals surface area contributed by atoms with E-state index in [9.17, 15) is 18.0 Å². The summed E-state index contributed by atoms with van der Waals surface area (Å²) in [5, 5.41) is 2.51. The lowest BCUT2D eigenvalue weighted by Crippen LogP contribution is -2.24. The number of benzene rings is 1. The fourth-order valence-corrected chi connectivity index (χ4v) is 2.00. The van der Waals surface area contributed by atoms with Crippen LogP contribution >= 0.6 is 0 Å². The standard InChI is InChI=1S/C17H17F3N4O2/c18-17(19,20)14-13(10-23-15(21)24-14)8-4-5-9-22-16(25)26-11-12-6-2-1-3-7-12/h1-4,6-8,10H,5,9,11H2,(H,22,25)(H2,21,23,24). The van der Waals surface area contributed by atoms with E-state index in [1.165, 1.54) is 12.2 Å². The van der Waals surface area contributed by atoms with Gasteiger partial charge in [-0.15, -0.1) is 0 Å². The Bertz CT molecular complexity index is 764. The predicted octanol–water partition coefficient (Wildman–Crippen LogP) is 3.41. The van der Waals surface area contributed by atoms with Crippen molar-refractivity contribution in [2.24, 2.45) is 0 Å². The summed E-state index contributed by atoms with van der Waals surface area (Å²) in [4.78, 5) is 18.3. The molecule has 0 bridgehead atoms. The number of aromatic nitrogens is 2. The molecule has 138 valence electrons. The maximum atomic E-state index is 12.9. The molecule has 0 atom stereocenters. The minimum atomic E-state index is -4.63. The number of nitrogens with zero attached hydrogens (tertiary/aromatic N) is 2. The van der Waals surface area contributed by atoms with Crippen LogP contribution in [0.4, 0.5) is 23.9 Å². The fraction of sp³-hybridized carbons (Fsp3) is 0.235. The van der Waals surface area contributed by atoms with E-state index in [1.54, 1.807) is 0 Å². The van der Waals surface area contributed by atoms with Crippen molar-refractivity contribution in [3.63, 3.8) is 0 Å². The zero-order chi connectivity index (χ0) is 19.0. The summed E-state index contributed by atoms with van der Waals surface area (Å²) in [5.41, 5.74) is 4.75. The van der Waals surface area contributed by atoms with E-state index in [2.05, 4.69) is 15.3 Å². The molecule has 1 heterocycles. The van der Waals surface area contributed by atoms with Crippen molar-refractivity contribution in [1.82, 2.24) is 15.3 Å². The molecule has 6 nitrogen and oxygen atoms in total. The molecule has 1 aromatic heterocycles. The van der Waals surface area contributed by atoms with E-state index in [1.807, 2.05) is 30.3 Å². The van der Waals surface area contributed by atoms with E-state index in [-0.39, 0.29) is 18.7 Å². The zero-order valence-corrected chi connectivity index (χ0v) is 13.7. The van der Waals surface area contributed by atoms with Gasteiger partial charge in [-0.25, -0.2) is 14.8 Å². The highest BCUT2D eigenvalue weighted by Gasteiger charge is 2.35. The highest BCUT2D eigenvalue weighted by atomic mass is 19.4. The van der Waals surface area contributed by atoms with Crippen molar-refractivity contribution in [3.05, 3.63) is 59.4 Å². The van der Waals surface area contributed by atoms with Gasteiger partial charge in [-0.05, 0) is 12.0 Å². The van der Waals surface area contributed by atoms with E-state index >= 15 is 0 Å². The lowest BCUT2D eigenvalue weighted by molar-refractivity contribution is -0.141. The third-order valence-corrected chi connectivity index (χ3v) is 3.19. The van der Waals surface area contributed by atoms with Crippen LogP contribution in [-0.2, 0) is 17.5 Å². The van der Waals surface area contributed by atoms with Crippen LogP contribution in [0.5, 0.6) is 0 Å². The van der Waals surface area contributed by atoms with Crippen molar-refractivity contribution in [2.75, 3.05) is 12.3 Å². The van der Waals surface area contributed by atoms with Gasteiger partial charge in [-0.1, -0.05) is 42.5 Å². The Morgan fingerprint density at radius 1 is 1.27 bits per heavy atom. The maximum Gasteiger partial charge on any atom is 0.434 e. The number of nitrogen functional groups attached to an aromatic ring is 1.